The van der Waals surface area contributed by atoms with Crippen molar-refractivity contribution in [3.05, 3.63) is 0 Å². The molecule has 5 atom stereocenters. The Hall–Kier alpha value is -0.240. The first-order valence-corrected chi connectivity index (χ1v) is 6.57. The highest BCUT2D eigenvalue weighted by Gasteiger charge is 2.49. The van der Waals surface area contributed by atoms with Gasteiger partial charge < -0.3 is 28.8 Å². The second kappa shape index (κ2) is 5.81. The lowest BCUT2D eigenvalue weighted by molar-refractivity contribution is -0.0536. The van der Waals surface area contributed by atoms with Crippen molar-refractivity contribution in [2.45, 2.75) is 36.9 Å². The Balaban J connectivity index is 1.43. The second-order valence-electron chi connectivity index (χ2n) is 4.91. The molecule has 0 amide bonds. The van der Waals surface area contributed by atoms with E-state index in [1.807, 2.05) is 0 Å². The van der Waals surface area contributed by atoms with E-state index < -0.39 is 0 Å². The molecule has 0 aromatic rings. The van der Waals surface area contributed by atoms with E-state index in [1.54, 1.807) is 0 Å². The average Bonchev–Trinajstić information content (AvgIpc) is 2.98. The summed E-state index contributed by atoms with van der Waals surface area (Å²) < 4.78 is 27.9. The van der Waals surface area contributed by atoms with Crippen LogP contribution in [0.4, 0.5) is 0 Å². The smallest absolute Gasteiger partial charge is 0.115 e. The minimum Gasteiger partial charge on any atom is -0.396 e. The SMILES string of the molecule is OCCCOC1COC2C(OCC3CO3)COC12. The van der Waals surface area contributed by atoms with Crippen LogP contribution in [0.15, 0.2) is 0 Å². The van der Waals surface area contributed by atoms with Gasteiger partial charge >= 0.3 is 0 Å². The van der Waals surface area contributed by atoms with E-state index >= 15 is 0 Å². The van der Waals surface area contributed by atoms with Crippen LogP contribution < -0.4 is 0 Å². The zero-order valence-electron chi connectivity index (χ0n) is 10.3. The topological polar surface area (TPSA) is 69.7 Å². The maximum atomic E-state index is 8.72. The van der Waals surface area contributed by atoms with Gasteiger partial charge in [-0.1, -0.05) is 0 Å². The summed E-state index contributed by atoms with van der Waals surface area (Å²) in [6, 6.07) is 0. The molecule has 3 rings (SSSR count). The van der Waals surface area contributed by atoms with Crippen molar-refractivity contribution in [3.8, 4) is 0 Å². The van der Waals surface area contributed by atoms with Crippen molar-refractivity contribution in [3.63, 3.8) is 0 Å². The van der Waals surface area contributed by atoms with E-state index in [1.165, 1.54) is 0 Å². The Kier molecular flexibility index (Phi) is 4.13. The van der Waals surface area contributed by atoms with Gasteiger partial charge in [-0.05, 0) is 6.42 Å². The predicted octanol–water partition coefficient (Wildman–Crippen LogP) is -0.664. The van der Waals surface area contributed by atoms with E-state index in [0.717, 1.165) is 6.61 Å². The van der Waals surface area contributed by atoms with Gasteiger partial charge in [0.05, 0.1) is 26.4 Å². The third kappa shape index (κ3) is 2.84. The Morgan fingerprint density at radius 2 is 1.61 bits per heavy atom. The van der Waals surface area contributed by atoms with Gasteiger partial charge in [-0.25, -0.2) is 0 Å². The third-order valence-corrected chi connectivity index (χ3v) is 3.50. The first-order chi connectivity index (χ1) is 8.88. The number of rotatable bonds is 7. The molecule has 3 aliphatic rings. The minimum absolute atomic E-state index is 0.00866. The van der Waals surface area contributed by atoms with Crippen molar-refractivity contribution in [2.24, 2.45) is 0 Å². The van der Waals surface area contributed by atoms with Crippen LogP contribution in [-0.2, 0) is 23.7 Å². The predicted molar refractivity (Wildman–Crippen MR) is 60.4 cm³/mol. The fourth-order valence-electron chi connectivity index (χ4n) is 2.41. The van der Waals surface area contributed by atoms with Crippen LogP contribution >= 0.6 is 0 Å². The standard InChI is InChI=1S/C12H20O6/c13-2-1-3-14-9-6-17-12-10(7-18-11(9)12)16-5-8-4-15-8/h8-13H,1-7H2. The zero-order chi connectivity index (χ0) is 12.4. The Bertz CT molecular complexity index is 269. The highest BCUT2D eigenvalue weighted by atomic mass is 16.7. The van der Waals surface area contributed by atoms with E-state index in [4.69, 9.17) is 28.8 Å². The molecule has 1 N–H and O–H groups in total. The van der Waals surface area contributed by atoms with Gasteiger partial charge in [0, 0.05) is 13.2 Å². The molecule has 0 bridgehead atoms. The first-order valence-electron chi connectivity index (χ1n) is 6.57. The quantitative estimate of drug-likeness (QED) is 0.484. The number of aliphatic hydroxyl groups is 1. The van der Waals surface area contributed by atoms with Crippen molar-refractivity contribution in [1.29, 1.82) is 0 Å². The van der Waals surface area contributed by atoms with Gasteiger partial charge in [0.15, 0.2) is 0 Å². The summed E-state index contributed by atoms with van der Waals surface area (Å²) in [5, 5.41) is 8.72. The molecule has 3 heterocycles. The van der Waals surface area contributed by atoms with Crippen LogP contribution in [0.25, 0.3) is 0 Å². The molecule has 0 aliphatic carbocycles. The molecule has 6 nitrogen and oxygen atoms in total. The van der Waals surface area contributed by atoms with Crippen molar-refractivity contribution < 1.29 is 28.8 Å². The lowest BCUT2D eigenvalue weighted by atomic mass is 10.1. The molecule has 18 heavy (non-hydrogen) atoms. The third-order valence-electron chi connectivity index (χ3n) is 3.50. The highest BCUT2D eigenvalue weighted by Crippen LogP contribution is 2.31. The molecule has 0 aromatic heterocycles. The van der Waals surface area contributed by atoms with Crippen LogP contribution in [0, 0.1) is 0 Å². The first kappa shape index (κ1) is 12.8. The molecular formula is C12H20O6. The number of aliphatic hydroxyl groups excluding tert-OH is 1. The summed E-state index contributed by atoms with van der Waals surface area (Å²) in [6.07, 6.45) is 0.809. The van der Waals surface area contributed by atoms with Crippen LogP contribution in [0.5, 0.6) is 0 Å². The summed E-state index contributed by atoms with van der Waals surface area (Å²) in [5.74, 6) is 0. The molecule has 0 saturated carbocycles. The fourth-order valence-corrected chi connectivity index (χ4v) is 2.41. The zero-order valence-corrected chi connectivity index (χ0v) is 10.3. The van der Waals surface area contributed by atoms with Crippen LogP contribution in [0.2, 0.25) is 0 Å². The Morgan fingerprint density at radius 3 is 2.22 bits per heavy atom. The number of hydrogen-bond donors (Lipinski definition) is 1. The molecule has 5 unspecified atom stereocenters. The molecule has 104 valence electrons. The van der Waals surface area contributed by atoms with Crippen LogP contribution in [0.1, 0.15) is 6.42 Å². The van der Waals surface area contributed by atoms with Gasteiger partial charge in [0.1, 0.15) is 30.5 Å². The van der Waals surface area contributed by atoms with Crippen molar-refractivity contribution in [2.75, 3.05) is 39.6 Å². The molecule has 0 radical (unpaired) electrons. The van der Waals surface area contributed by atoms with Crippen LogP contribution in [0.3, 0.4) is 0 Å². The largest absolute Gasteiger partial charge is 0.396 e. The molecular weight excluding hydrogens is 240 g/mol. The molecule has 6 heteroatoms. The molecule has 3 aliphatic heterocycles. The monoisotopic (exact) mass is 260 g/mol. The summed E-state index contributed by atoms with van der Waals surface area (Å²) >= 11 is 0. The number of ether oxygens (including phenoxy) is 5. The lowest BCUT2D eigenvalue weighted by Gasteiger charge is -2.17. The van der Waals surface area contributed by atoms with E-state index in [-0.39, 0.29) is 37.1 Å². The van der Waals surface area contributed by atoms with E-state index in [2.05, 4.69) is 0 Å². The van der Waals surface area contributed by atoms with Gasteiger partial charge in [-0.2, -0.15) is 0 Å². The number of fused-ring (bicyclic) bond motifs is 1. The summed E-state index contributed by atoms with van der Waals surface area (Å²) in [4.78, 5) is 0. The van der Waals surface area contributed by atoms with E-state index in [0.29, 0.717) is 32.8 Å². The number of epoxide rings is 1. The maximum absolute atomic E-state index is 8.72. The normalized spacial score (nSPS) is 42.2. The number of hydrogen-bond acceptors (Lipinski definition) is 6. The minimum atomic E-state index is -0.0349. The Morgan fingerprint density at radius 1 is 0.944 bits per heavy atom. The average molecular weight is 260 g/mol. The summed E-state index contributed by atoms with van der Waals surface area (Å²) in [6.45, 7) is 3.21. The fraction of sp³-hybridized carbons (Fsp3) is 1.00. The second-order valence-corrected chi connectivity index (χ2v) is 4.91. The highest BCUT2D eigenvalue weighted by molar-refractivity contribution is 4.96. The van der Waals surface area contributed by atoms with Crippen LogP contribution in [-0.4, -0.2) is 75.3 Å². The van der Waals surface area contributed by atoms with E-state index in [9.17, 15) is 0 Å². The van der Waals surface area contributed by atoms with Gasteiger partial charge in [-0.3, -0.25) is 0 Å². The van der Waals surface area contributed by atoms with Gasteiger partial charge in [0.2, 0.25) is 0 Å². The van der Waals surface area contributed by atoms with Crippen molar-refractivity contribution >= 4 is 0 Å². The van der Waals surface area contributed by atoms with Crippen molar-refractivity contribution in [1.82, 2.24) is 0 Å². The molecule has 3 saturated heterocycles. The molecule has 0 aromatic carbocycles. The maximum Gasteiger partial charge on any atom is 0.115 e. The summed E-state index contributed by atoms with van der Waals surface area (Å²) in [7, 11) is 0. The van der Waals surface area contributed by atoms with Gasteiger partial charge in [0.25, 0.3) is 0 Å². The Labute approximate surface area is 106 Å². The molecule has 0 spiro atoms. The lowest BCUT2D eigenvalue weighted by Crippen LogP contribution is -2.34. The van der Waals surface area contributed by atoms with Gasteiger partial charge in [-0.15, -0.1) is 0 Å². The summed E-state index contributed by atoms with van der Waals surface area (Å²) in [5.41, 5.74) is 0. The molecule has 3 fully saturated rings.